The van der Waals surface area contributed by atoms with Crippen LogP contribution in [0.25, 0.3) is 0 Å². The first-order valence-electron chi connectivity index (χ1n) is 8.09. The number of carbonyl (C=O) groups is 2. The highest BCUT2D eigenvalue weighted by atomic mass is 79.9. The largest absolute Gasteiger partial charge is 0.332 e. The Labute approximate surface area is 164 Å². The van der Waals surface area contributed by atoms with Gasteiger partial charge in [-0.25, -0.2) is 17.6 Å². The van der Waals surface area contributed by atoms with E-state index in [9.17, 15) is 22.4 Å². The van der Waals surface area contributed by atoms with Gasteiger partial charge in [-0.15, -0.1) is 0 Å². The Hall–Kier alpha value is -2.26. The number of amides is 3. The van der Waals surface area contributed by atoms with Gasteiger partial charge in [0.05, 0.1) is 10.6 Å². The normalized spacial score (nSPS) is 17.7. The van der Waals surface area contributed by atoms with Crippen molar-refractivity contribution in [3.05, 3.63) is 58.8 Å². The summed E-state index contributed by atoms with van der Waals surface area (Å²) in [5.74, 6) is -1.33. The number of anilines is 1. The van der Waals surface area contributed by atoms with Gasteiger partial charge in [0.1, 0.15) is 11.9 Å². The SMILES string of the molecule is CC1C(=O)N(CCS(=O)(=O)c2ccc(Br)cc2)C(=O)N1c1ccc(F)cc1. The zero-order valence-corrected chi connectivity index (χ0v) is 16.7. The first kappa shape index (κ1) is 19.5. The van der Waals surface area contributed by atoms with E-state index in [0.717, 1.165) is 9.37 Å². The van der Waals surface area contributed by atoms with E-state index in [2.05, 4.69) is 15.9 Å². The van der Waals surface area contributed by atoms with Crippen molar-refractivity contribution in [2.45, 2.75) is 17.9 Å². The lowest BCUT2D eigenvalue weighted by Crippen LogP contribution is -2.36. The van der Waals surface area contributed by atoms with Crippen LogP contribution in [0.4, 0.5) is 14.9 Å². The lowest BCUT2D eigenvalue weighted by Gasteiger charge is -2.19. The van der Waals surface area contributed by atoms with Gasteiger partial charge in [-0.05, 0) is 55.5 Å². The molecule has 1 aliphatic rings. The molecule has 1 heterocycles. The molecule has 0 aliphatic carbocycles. The second-order valence-corrected chi connectivity index (χ2v) is 9.09. The molecule has 27 heavy (non-hydrogen) atoms. The van der Waals surface area contributed by atoms with Gasteiger partial charge in [-0.1, -0.05) is 15.9 Å². The summed E-state index contributed by atoms with van der Waals surface area (Å²) in [5, 5.41) is 0. The first-order valence-corrected chi connectivity index (χ1v) is 10.5. The van der Waals surface area contributed by atoms with Gasteiger partial charge in [0, 0.05) is 16.7 Å². The Morgan fingerprint density at radius 2 is 1.63 bits per heavy atom. The van der Waals surface area contributed by atoms with E-state index in [-0.39, 0.29) is 17.2 Å². The maximum atomic E-state index is 13.1. The molecule has 1 saturated heterocycles. The van der Waals surface area contributed by atoms with Crippen molar-refractivity contribution in [1.82, 2.24) is 4.90 Å². The molecule has 0 spiro atoms. The van der Waals surface area contributed by atoms with Crippen LogP contribution >= 0.6 is 15.9 Å². The number of carbonyl (C=O) groups excluding carboxylic acids is 2. The number of nitrogens with zero attached hydrogens (tertiary/aromatic N) is 2. The van der Waals surface area contributed by atoms with Gasteiger partial charge in [-0.2, -0.15) is 0 Å². The number of halogens is 2. The maximum absolute atomic E-state index is 13.1. The van der Waals surface area contributed by atoms with Gasteiger partial charge in [-0.3, -0.25) is 14.6 Å². The molecule has 9 heteroatoms. The van der Waals surface area contributed by atoms with Crippen molar-refractivity contribution in [3.63, 3.8) is 0 Å². The van der Waals surface area contributed by atoms with Crippen molar-refractivity contribution in [2.75, 3.05) is 17.2 Å². The topological polar surface area (TPSA) is 74.8 Å². The van der Waals surface area contributed by atoms with E-state index in [1.807, 2.05) is 0 Å². The van der Waals surface area contributed by atoms with Crippen LogP contribution in [0.1, 0.15) is 6.92 Å². The fraction of sp³-hybridized carbons (Fsp3) is 0.222. The minimum absolute atomic E-state index is 0.119. The van der Waals surface area contributed by atoms with Gasteiger partial charge >= 0.3 is 6.03 Å². The average molecular weight is 455 g/mol. The third-order valence-corrected chi connectivity index (χ3v) is 6.55. The number of imide groups is 1. The summed E-state index contributed by atoms with van der Waals surface area (Å²) in [7, 11) is -3.65. The lowest BCUT2D eigenvalue weighted by atomic mass is 10.2. The van der Waals surface area contributed by atoms with Crippen molar-refractivity contribution >= 4 is 43.4 Å². The van der Waals surface area contributed by atoms with Gasteiger partial charge in [0.25, 0.3) is 5.91 Å². The molecule has 0 bridgehead atoms. The van der Waals surface area contributed by atoms with E-state index in [0.29, 0.717) is 5.69 Å². The molecule has 1 fully saturated rings. The number of benzene rings is 2. The lowest BCUT2D eigenvalue weighted by molar-refractivity contribution is -0.126. The molecule has 2 aromatic rings. The highest BCUT2D eigenvalue weighted by Gasteiger charge is 2.43. The highest BCUT2D eigenvalue weighted by Crippen LogP contribution is 2.26. The Balaban J connectivity index is 1.77. The molecule has 3 rings (SSSR count). The Morgan fingerprint density at radius 1 is 1.04 bits per heavy atom. The summed E-state index contributed by atoms with van der Waals surface area (Å²) >= 11 is 3.24. The van der Waals surface area contributed by atoms with Crippen LogP contribution < -0.4 is 4.90 Å². The minimum atomic E-state index is -3.65. The third kappa shape index (κ3) is 3.89. The van der Waals surface area contributed by atoms with Crippen LogP contribution in [-0.2, 0) is 14.6 Å². The van der Waals surface area contributed by atoms with Crippen molar-refractivity contribution in [3.8, 4) is 0 Å². The quantitative estimate of drug-likeness (QED) is 0.649. The molecule has 6 nitrogen and oxygen atoms in total. The average Bonchev–Trinajstić information content (AvgIpc) is 2.84. The smallest absolute Gasteiger partial charge is 0.282 e. The summed E-state index contributed by atoms with van der Waals surface area (Å²) < 4.78 is 38.8. The Morgan fingerprint density at radius 3 is 2.22 bits per heavy atom. The summed E-state index contributed by atoms with van der Waals surface area (Å²) in [5.41, 5.74) is 0.375. The van der Waals surface area contributed by atoms with Crippen LogP contribution in [0, 0.1) is 5.82 Å². The molecule has 1 aliphatic heterocycles. The fourth-order valence-electron chi connectivity index (χ4n) is 2.84. The van der Waals surface area contributed by atoms with Gasteiger partial charge in [0.15, 0.2) is 9.84 Å². The Bertz CT molecular complexity index is 977. The molecular weight excluding hydrogens is 439 g/mol. The van der Waals surface area contributed by atoms with Crippen molar-refractivity contribution in [1.29, 1.82) is 0 Å². The van der Waals surface area contributed by atoms with E-state index < -0.39 is 33.6 Å². The van der Waals surface area contributed by atoms with E-state index in [1.54, 1.807) is 19.1 Å². The zero-order valence-electron chi connectivity index (χ0n) is 14.3. The Kier molecular flexibility index (Phi) is 5.34. The second-order valence-electron chi connectivity index (χ2n) is 6.07. The predicted molar refractivity (Wildman–Crippen MR) is 102 cm³/mol. The number of rotatable bonds is 5. The molecule has 0 saturated carbocycles. The summed E-state index contributed by atoms with van der Waals surface area (Å²) in [6, 6.07) is 9.91. The number of sulfone groups is 1. The second kappa shape index (κ2) is 7.40. The standard InChI is InChI=1S/C18H16BrFN2O4S/c1-12-17(23)21(18(24)22(12)15-6-4-14(20)5-7-15)10-11-27(25,26)16-8-2-13(19)3-9-16/h2-9,12H,10-11H2,1H3. The molecule has 0 radical (unpaired) electrons. The van der Waals surface area contributed by atoms with Gasteiger partial charge in [0.2, 0.25) is 0 Å². The van der Waals surface area contributed by atoms with Crippen LogP contribution in [0.2, 0.25) is 0 Å². The maximum Gasteiger partial charge on any atom is 0.332 e. The molecule has 3 amide bonds. The number of hydrogen-bond acceptors (Lipinski definition) is 4. The highest BCUT2D eigenvalue weighted by molar-refractivity contribution is 9.10. The summed E-state index contributed by atoms with van der Waals surface area (Å²) in [6.07, 6.45) is 0. The molecule has 142 valence electrons. The van der Waals surface area contributed by atoms with Gasteiger partial charge < -0.3 is 0 Å². The molecule has 0 aromatic heterocycles. The van der Waals surface area contributed by atoms with Crippen molar-refractivity contribution in [2.24, 2.45) is 0 Å². The third-order valence-electron chi connectivity index (χ3n) is 4.31. The predicted octanol–water partition coefficient (Wildman–Crippen LogP) is 3.22. The minimum Gasteiger partial charge on any atom is -0.282 e. The van der Waals surface area contributed by atoms with Crippen LogP contribution in [0.5, 0.6) is 0 Å². The molecule has 0 N–H and O–H groups in total. The zero-order chi connectivity index (χ0) is 19.8. The molecule has 1 unspecified atom stereocenters. The van der Waals surface area contributed by atoms with Crippen molar-refractivity contribution < 1.29 is 22.4 Å². The van der Waals surface area contributed by atoms with E-state index >= 15 is 0 Å². The number of hydrogen-bond donors (Lipinski definition) is 0. The summed E-state index contributed by atoms with van der Waals surface area (Å²) in [4.78, 5) is 27.4. The molecule has 1 atom stereocenters. The fourth-order valence-corrected chi connectivity index (χ4v) is 4.31. The first-order chi connectivity index (χ1) is 12.7. The van der Waals surface area contributed by atoms with E-state index in [1.165, 1.54) is 41.3 Å². The van der Waals surface area contributed by atoms with Crippen LogP contribution in [0.3, 0.4) is 0 Å². The summed E-state index contributed by atoms with van der Waals surface area (Å²) in [6.45, 7) is 1.30. The number of urea groups is 1. The monoisotopic (exact) mass is 454 g/mol. The molecular formula is C18H16BrFN2O4S. The van der Waals surface area contributed by atoms with Crippen LogP contribution in [0.15, 0.2) is 57.9 Å². The van der Waals surface area contributed by atoms with E-state index in [4.69, 9.17) is 0 Å². The molecule has 2 aromatic carbocycles. The van der Waals surface area contributed by atoms with Crippen LogP contribution in [-0.4, -0.2) is 43.6 Å².